The summed E-state index contributed by atoms with van der Waals surface area (Å²) in [6, 6.07) is 8.22. The summed E-state index contributed by atoms with van der Waals surface area (Å²) in [5.41, 5.74) is 1.41. The van der Waals surface area contributed by atoms with Crippen molar-refractivity contribution in [2.45, 2.75) is 25.2 Å². The Bertz CT molecular complexity index is 951. The molecule has 1 amide bonds. The van der Waals surface area contributed by atoms with Crippen LogP contribution in [-0.4, -0.2) is 61.6 Å². The Labute approximate surface area is 160 Å². The van der Waals surface area contributed by atoms with Gasteiger partial charge in [-0.3, -0.25) is 4.79 Å². The van der Waals surface area contributed by atoms with Gasteiger partial charge in [-0.1, -0.05) is 13.0 Å². The number of sulfone groups is 1. The first kappa shape index (κ1) is 19.3. The van der Waals surface area contributed by atoms with Crippen LogP contribution in [0, 0.1) is 6.92 Å². The standard InChI is InChI=1S/C19H24N4O3S/c1-4-16-13-18(21-14(2)20-16)22-8-10-23(11-9-22)19(24)15-6-5-7-17(12-15)27(3,25)26/h5-7,12-13H,4,8-11H2,1-3H3. The van der Waals surface area contributed by atoms with Gasteiger partial charge < -0.3 is 9.80 Å². The molecule has 0 saturated carbocycles. The fourth-order valence-corrected chi connectivity index (χ4v) is 3.80. The number of rotatable bonds is 4. The molecule has 144 valence electrons. The second-order valence-electron chi connectivity index (χ2n) is 6.70. The third-order valence-corrected chi connectivity index (χ3v) is 5.75. The van der Waals surface area contributed by atoms with Crippen LogP contribution in [0.3, 0.4) is 0 Å². The average molecular weight is 388 g/mol. The van der Waals surface area contributed by atoms with Crippen LogP contribution in [-0.2, 0) is 16.3 Å². The van der Waals surface area contributed by atoms with E-state index < -0.39 is 9.84 Å². The van der Waals surface area contributed by atoms with E-state index in [0.29, 0.717) is 31.7 Å². The maximum atomic E-state index is 12.8. The van der Waals surface area contributed by atoms with Gasteiger partial charge in [-0.25, -0.2) is 18.4 Å². The van der Waals surface area contributed by atoms with Crippen molar-refractivity contribution in [1.82, 2.24) is 14.9 Å². The number of piperazine rings is 1. The normalized spacial score (nSPS) is 15.1. The summed E-state index contributed by atoms with van der Waals surface area (Å²) in [5.74, 6) is 1.50. The zero-order chi connectivity index (χ0) is 19.6. The molecule has 1 aliphatic rings. The molecule has 1 aliphatic heterocycles. The molecule has 0 aliphatic carbocycles. The SMILES string of the molecule is CCc1cc(N2CCN(C(=O)c3cccc(S(C)(=O)=O)c3)CC2)nc(C)n1. The van der Waals surface area contributed by atoms with Crippen LogP contribution in [0.2, 0.25) is 0 Å². The fraction of sp³-hybridized carbons (Fsp3) is 0.421. The molecule has 3 rings (SSSR count). The zero-order valence-electron chi connectivity index (χ0n) is 15.8. The van der Waals surface area contributed by atoms with Crippen LogP contribution in [0.25, 0.3) is 0 Å². The van der Waals surface area contributed by atoms with Crippen LogP contribution < -0.4 is 4.90 Å². The van der Waals surface area contributed by atoms with E-state index in [0.717, 1.165) is 30.0 Å². The highest BCUT2D eigenvalue weighted by Crippen LogP contribution is 2.18. The summed E-state index contributed by atoms with van der Waals surface area (Å²) >= 11 is 0. The van der Waals surface area contributed by atoms with Crippen molar-refractivity contribution >= 4 is 21.6 Å². The predicted molar refractivity (Wildman–Crippen MR) is 104 cm³/mol. The van der Waals surface area contributed by atoms with Gasteiger partial charge in [0.25, 0.3) is 5.91 Å². The first-order chi connectivity index (χ1) is 12.8. The van der Waals surface area contributed by atoms with E-state index in [-0.39, 0.29) is 10.8 Å². The fourth-order valence-electron chi connectivity index (χ4n) is 3.14. The Kier molecular flexibility index (Phi) is 5.46. The van der Waals surface area contributed by atoms with Gasteiger partial charge in [0.05, 0.1) is 4.90 Å². The molecular formula is C19H24N4O3S. The monoisotopic (exact) mass is 388 g/mol. The molecule has 8 heteroatoms. The smallest absolute Gasteiger partial charge is 0.254 e. The van der Waals surface area contributed by atoms with Crippen molar-refractivity contribution in [2.75, 3.05) is 37.3 Å². The Morgan fingerprint density at radius 1 is 1.11 bits per heavy atom. The van der Waals surface area contributed by atoms with Crippen LogP contribution in [0.15, 0.2) is 35.2 Å². The van der Waals surface area contributed by atoms with Gasteiger partial charge in [-0.05, 0) is 31.5 Å². The molecule has 1 fully saturated rings. The molecule has 27 heavy (non-hydrogen) atoms. The van der Waals surface area contributed by atoms with E-state index in [1.165, 1.54) is 12.1 Å². The molecule has 0 atom stereocenters. The highest BCUT2D eigenvalue weighted by Gasteiger charge is 2.24. The predicted octanol–water partition coefficient (Wildman–Crippen LogP) is 1.71. The lowest BCUT2D eigenvalue weighted by molar-refractivity contribution is 0.0746. The Balaban J connectivity index is 1.71. The molecule has 2 aromatic rings. The van der Waals surface area contributed by atoms with Crippen LogP contribution in [0.4, 0.5) is 5.82 Å². The second-order valence-corrected chi connectivity index (χ2v) is 8.71. The van der Waals surface area contributed by atoms with Gasteiger partial charge in [-0.15, -0.1) is 0 Å². The van der Waals surface area contributed by atoms with Gasteiger partial charge in [0.15, 0.2) is 9.84 Å². The Morgan fingerprint density at radius 3 is 2.44 bits per heavy atom. The molecule has 2 heterocycles. The molecule has 0 bridgehead atoms. The minimum absolute atomic E-state index is 0.145. The van der Waals surface area contributed by atoms with Gasteiger partial charge in [0.2, 0.25) is 0 Å². The lowest BCUT2D eigenvalue weighted by atomic mass is 10.2. The van der Waals surface area contributed by atoms with E-state index in [1.54, 1.807) is 17.0 Å². The number of hydrogen-bond donors (Lipinski definition) is 0. The zero-order valence-corrected chi connectivity index (χ0v) is 16.7. The third kappa shape index (κ3) is 4.44. The summed E-state index contributed by atoms with van der Waals surface area (Å²) in [6.45, 7) is 6.43. The van der Waals surface area contributed by atoms with Crippen molar-refractivity contribution in [2.24, 2.45) is 0 Å². The highest BCUT2D eigenvalue weighted by atomic mass is 32.2. The topological polar surface area (TPSA) is 83.5 Å². The average Bonchev–Trinajstić information content (AvgIpc) is 2.66. The van der Waals surface area contributed by atoms with Crippen molar-refractivity contribution < 1.29 is 13.2 Å². The van der Waals surface area contributed by atoms with Crippen LogP contribution in [0.5, 0.6) is 0 Å². The van der Waals surface area contributed by atoms with E-state index in [9.17, 15) is 13.2 Å². The minimum atomic E-state index is -3.34. The van der Waals surface area contributed by atoms with Gasteiger partial charge >= 0.3 is 0 Å². The number of anilines is 1. The molecule has 0 radical (unpaired) electrons. The van der Waals surface area contributed by atoms with Crippen molar-refractivity contribution in [3.63, 3.8) is 0 Å². The third-order valence-electron chi connectivity index (χ3n) is 4.64. The maximum absolute atomic E-state index is 12.8. The number of carbonyl (C=O) groups excluding carboxylic acids is 1. The summed E-state index contributed by atoms with van der Waals surface area (Å²) in [4.78, 5) is 25.8. The maximum Gasteiger partial charge on any atom is 0.254 e. The second kappa shape index (κ2) is 7.64. The van der Waals surface area contributed by atoms with Crippen molar-refractivity contribution in [3.05, 3.63) is 47.4 Å². The first-order valence-electron chi connectivity index (χ1n) is 8.97. The molecule has 0 N–H and O–H groups in total. The molecular weight excluding hydrogens is 364 g/mol. The summed E-state index contributed by atoms with van der Waals surface area (Å²) in [5, 5.41) is 0. The number of aromatic nitrogens is 2. The molecule has 0 unspecified atom stereocenters. The van der Waals surface area contributed by atoms with Crippen LogP contribution in [0.1, 0.15) is 28.8 Å². The Hall–Kier alpha value is -2.48. The van der Waals surface area contributed by atoms with E-state index in [4.69, 9.17) is 0 Å². The lowest BCUT2D eigenvalue weighted by Crippen LogP contribution is -2.49. The minimum Gasteiger partial charge on any atom is -0.353 e. The molecule has 1 aromatic heterocycles. The van der Waals surface area contributed by atoms with Crippen molar-refractivity contribution in [1.29, 1.82) is 0 Å². The van der Waals surface area contributed by atoms with Crippen LogP contribution >= 0.6 is 0 Å². The first-order valence-corrected chi connectivity index (χ1v) is 10.9. The molecule has 0 spiro atoms. The van der Waals surface area contributed by atoms with E-state index in [2.05, 4.69) is 21.8 Å². The van der Waals surface area contributed by atoms with E-state index in [1.807, 2.05) is 13.0 Å². The molecule has 1 saturated heterocycles. The highest BCUT2D eigenvalue weighted by molar-refractivity contribution is 7.90. The van der Waals surface area contributed by atoms with Gasteiger partial charge in [0.1, 0.15) is 11.6 Å². The summed E-state index contributed by atoms with van der Waals surface area (Å²) < 4.78 is 23.4. The molecule has 7 nitrogen and oxygen atoms in total. The lowest BCUT2D eigenvalue weighted by Gasteiger charge is -2.35. The summed E-state index contributed by atoms with van der Waals surface area (Å²) in [6.07, 6.45) is 2.00. The number of nitrogens with zero attached hydrogens (tertiary/aromatic N) is 4. The number of amides is 1. The summed E-state index contributed by atoms with van der Waals surface area (Å²) in [7, 11) is -3.34. The number of aryl methyl sites for hydroxylation is 2. The molecule has 1 aromatic carbocycles. The largest absolute Gasteiger partial charge is 0.353 e. The number of carbonyl (C=O) groups is 1. The van der Waals surface area contributed by atoms with Gasteiger partial charge in [-0.2, -0.15) is 0 Å². The van der Waals surface area contributed by atoms with Crippen molar-refractivity contribution in [3.8, 4) is 0 Å². The van der Waals surface area contributed by atoms with E-state index >= 15 is 0 Å². The quantitative estimate of drug-likeness (QED) is 0.793. The number of benzene rings is 1. The van der Waals surface area contributed by atoms with Gasteiger partial charge in [0, 0.05) is 49.8 Å². The number of hydrogen-bond acceptors (Lipinski definition) is 6. The Morgan fingerprint density at radius 2 is 1.81 bits per heavy atom.